The van der Waals surface area contributed by atoms with Gasteiger partial charge in [0.05, 0.1) is 0 Å². The smallest absolute Gasteiger partial charge is 0.0343 e. The van der Waals surface area contributed by atoms with Crippen molar-refractivity contribution in [3.05, 3.63) is 29.8 Å². The topological polar surface area (TPSA) is 15.3 Å². The summed E-state index contributed by atoms with van der Waals surface area (Å²) in [4.78, 5) is 2.42. The molecule has 0 amide bonds. The van der Waals surface area contributed by atoms with Crippen LogP contribution >= 0.6 is 0 Å². The maximum atomic E-state index is 3.44. The van der Waals surface area contributed by atoms with Crippen molar-refractivity contribution in [3.63, 3.8) is 0 Å². The fourth-order valence-corrected chi connectivity index (χ4v) is 1.65. The molecule has 1 aromatic carbocycles. The van der Waals surface area contributed by atoms with Gasteiger partial charge in [0.25, 0.3) is 0 Å². The summed E-state index contributed by atoms with van der Waals surface area (Å²) in [5.74, 6) is 0. The molecule has 0 heterocycles. The number of nitrogens with zero attached hydrogens (tertiary/aromatic N) is 1. The van der Waals surface area contributed by atoms with Crippen molar-refractivity contribution >= 4 is 5.69 Å². The minimum atomic E-state index is 1.02. The van der Waals surface area contributed by atoms with E-state index in [1.165, 1.54) is 11.3 Å². The molecule has 1 aromatic rings. The highest BCUT2D eigenvalue weighted by Gasteiger charge is 1.97. The molecule has 2 heteroatoms. The van der Waals surface area contributed by atoms with Gasteiger partial charge in [-0.1, -0.05) is 26.0 Å². The zero-order chi connectivity index (χ0) is 11.1. The normalized spacial score (nSPS) is 10.7. The SMILES string of the molecule is CCN(CC)CCNc1cccc(C)c1. The van der Waals surface area contributed by atoms with Crippen LogP contribution in [0.3, 0.4) is 0 Å². The maximum Gasteiger partial charge on any atom is 0.0343 e. The fourth-order valence-electron chi connectivity index (χ4n) is 1.65. The molecular formula is C13H22N2. The van der Waals surface area contributed by atoms with Crippen LogP contribution < -0.4 is 5.32 Å². The molecule has 15 heavy (non-hydrogen) atoms. The highest BCUT2D eigenvalue weighted by atomic mass is 15.1. The van der Waals surface area contributed by atoms with E-state index in [1.807, 2.05) is 0 Å². The summed E-state index contributed by atoms with van der Waals surface area (Å²) in [6.07, 6.45) is 0. The van der Waals surface area contributed by atoms with Gasteiger partial charge < -0.3 is 10.2 Å². The molecule has 0 aliphatic carbocycles. The molecule has 0 spiro atoms. The highest BCUT2D eigenvalue weighted by Crippen LogP contribution is 2.08. The van der Waals surface area contributed by atoms with E-state index in [2.05, 4.69) is 55.3 Å². The highest BCUT2D eigenvalue weighted by molar-refractivity contribution is 5.45. The molecular weight excluding hydrogens is 184 g/mol. The minimum Gasteiger partial charge on any atom is -0.384 e. The van der Waals surface area contributed by atoms with E-state index in [-0.39, 0.29) is 0 Å². The molecule has 1 N–H and O–H groups in total. The Labute approximate surface area is 93.3 Å². The third-order valence-electron chi connectivity index (χ3n) is 2.67. The van der Waals surface area contributed by atoms with Crippen LogP contribution in [-0.4, -0.2) is 31.1 Å². The zero-order valence-electron chi connectivity index (χ0n) is 10.1. The van der Waals surface area contributed by atoms with E-state index in [0.717, 1.165) is 26.2 Å². The van der Waals surface area contributed by atoms with Crippen LogP contribution in [0.15, 0.2) is 24.3 Å². The first-order chi connectivity index (χ1) is 7.26. The van der Waals surface area contributed by atoms with Crippen LogP contribution in [-0.2, 0) is 0 Å². The molecule has 2 nitrogen and oxygen atoms in total. The summed E-state index contributed by atoms with van der Waals surface area (Å²) in [5.41, 5.74) is 2.53. The van der Waals surface area contributed by atoms with Crippen LogP contribution in [0.5, 0.6) is 0 Å². The molecule has 1 rings (SSSR count). The van der Waals surface area contributed by atoms with Crippen LogP contribution in [0.1, 0.15) is 19.4 Å². The standard InChI is InChI=1S/C13H22N2/c1-4-15(5-2)10-9-14-13-8-6-7-12(3)11-13/h6-8,11,14H,4-5,9-10H2,1-3H3. The van der Waals surface area contributed by atoms with Crippen molar-refractivity contribution in [1.82, 2.24) is 4.90 Å². The Bertz CT molecular complexity index is 280. The van der Waals surface area contributed by atoms with E-state index >= 15 is 0 Å². The van der Waals surface area contributed by atoms with Gasteiger partial charge in [0.1, 0.15) is 0 Å². The lowest BCUT2D eigenvalue weighted by Gasteiger charge is -2.18. The van der Waals surface area contributed by atoms with Gasteiger partial charge in [-0.25, -0.2) is 0 Å². The van der Waals surface area contributed by atoms with Gasteiger partial charge in [-0.05, 0) is 37.7 Å². The van der Waals surface area contributed by atoms with Crippen molar-refractivity contribution in [2.45, 2.75) is 20.8 Å². The van der Waals surface area contributed by atoms with Crippen LogP contribution in [0, 0.1) is 6.92 Å². The number of aryl methyl sites for hydroxylation is 1. The van der Waals surface area contributed by atoms with Gasteiger partial charge in [-0.15, -0.1) is 0 Å². The molecule has 0 unspecified atom stereocenters. The number of likely N-dealkylation sites (N-methyl/N-ethyl adjacent to an activating group) is 1. The lowest BCUT2D eigenvalue weighted by molar-refractivity contribution is 0.316. The van der Waals surface area contributed by atoms with Gasteiger partial charge in [-0.3, -0.25) is 0 Å². The molecule has 0 bridgehead atoms. The Morgan fingerprint density at radius 3 is 2.53 bits per heavy atom. The van der Waals surface area contributed by atoms with E-state index < -0.39 is 0 Å². The van der Waals surface area contributed by atoms with Crippen molar-refractivity contribution in [2.24, 2.45) is 0 Å². The lowest BCUT2D eigenvalue weighted by Crippen LogP contribution is -2.28. The number of hydrogen-bond acceptors (Lipinski definition) is 2. The van der Waals surface area contributed by atoms with Gasteiger partial charge in [0.15, 0.2) is 0 Å². The Kier molecular flexibility index (Phi) is 5.19. The third-order valence-corrected chi connectivity index (χ3v) is 2.67. The van der Waals surface area contributed by atoms with Crippen molar-refractivity contribution in [2.75, 3.05) is 31.5 Å². The molecule has 0 atom stereocenters. The average molecular weight is 206 g/mol. The molecule has 0 radical (unpaired) electrons. The Hall–Kier alpha value is -1.02. The van der Waals surface area contributed by atoms with Gasteiger partial charge in [0.2, 0.25) is 0 Å². The number of rotatable bonds is 6. The van der Waals surface area contributed by atoms with Gasteiger partial charge in [0, 0.05) is 18.8 Å². The van der Waals surface area contributed by atoms with E-state index in [9.17, 15) is 0 Å². The summed E-state index contributed by atoms with van der Waals surface area (Å²) >= 11 is 0. The number of nitrogens with one attached hydrogen (secondary N) is 1. The molecule has 0 aromatic heterocycles. The van der Waals surface area contributed by atoms with Gasteiger partial charge >= 0.3 is 0 Å². The van der Waals surface area contributed by atoms with Crippen molar-refractivity contribution in [3.8, 4) is 0 Å². The minimum absolute atomic E-state index is 1.02. The quantitative estimate of drug-likeness (QED) is 0.770. The zero-order valence-corrected chi connectivity index (χ0v) is 10.1. The summed E-state index contributed by atoms with van der Waals surface area (Å²) in [5, 5.41) is 3.44. The van der Waals surface area contributed by atoms with E-state index in [0.29, 0.717) is 0 Å². The first kappa shape index (κ1) is 12.1. The maximum absolute atomic E-state index is 3.44. The summed E-state index contributed by atoms with van der Waals surface area (Å²) in [6.45, 7) is 10.9. The van der Waals surface area contributed by atoms with Crippen molar-refractivity contribution < 1.29 is 0 Å². The molecule has 0 saturated carbocycles. The Balaban J connectivity index is 2.31. The summed E-state index contributed by atoms with van der Waals surface area (Å²) < 4.78 is 0. The predicted molar refractivity (Wildman–Crippen MR) is 67.5 cm³/mol. The molecule has 0 aliphatic heterocycles. The first-order valence-electron chi connectivity index (χ1n) is 5.79. The average Bonchev–Trinajstić information content (AvgIpc) is 2.25. The lowest BCUT2D eigenvalue weighted by atomic mass is 10.2. The van der Waals surface area contributed by atoms with Crippen LogP contribution in [0.25, 0.3) is 0 Å². The Morgan fingerprint density at radius 1 is 1.20 bits per heavy atom. The second kappa shape index (κ2) is 6.46. The van der Waals surface area contributed by atoms with Crippen LogP contribution in [0.2, 0.25) is 0 Å². The largest absolute Gasteiger partial charge is 0.384 e. The number of benzene rings is 1. The van der Waals surface area contributed by atoms with Gasteiger partial charge in [-0.2, -0.15) is 0 Å². The van der Waals surface area contributed by atoms with E-state index in [1.54, 1.807) is 0 Å². The van der Waals surface area contributed by atoms with Crippen molar-refractivity contribution in [1.29, 1.82) is 0 Å². The monoisotopic (exact) mass is 206 g/mol. The predicted octanol–water partition coefficient (Wildman–Crippen LogP) is 2.75. The number of anilines is 1. The molecule has 84 valence electrons. The number of hydrogen-bond donors (Lipinski definition) is 1. The fraction of sp³-hybridized carbons (Fsp3) is 0.538. The summed E-state index contributed by atoms with van der Waals surface area (Å²) in [6, 6.07) is 8.52. The van der Waals surface area contributed by atoms with Crippen LogP contribution in [0.4, 0.5) is 5.69 Å². The second-order valence-corrected chi connectivity index (χ2v) is 3.82. The molecule has 0 saturated heterocycles. The molecule has 0 fully saturated rings. The third kappa shape index (κ3) is 4.34. The molecule has 0 aliphatic rings. The van der Waals surface area contributed by atoms with E-state index in [4.69, 9.17) is 0 Å². The summed E-state index contributed by atoms with van der Waals surface area (Å²) in [7, 11) is 0. The first-order valence-corrected chi connectivity index (χ1v) is 5.79. The second-order valence-electron chi connectivity index (χ2n) is 3.82. The Morgan fingerprint density at radius 2 is 1.93 bits per heavy atom.